The van der Waals surface area contributed by atoms with Gasteiger partial charge in [0.1, 0.15) is 0 Å². The number of carbonyl (C=O) groups is 2. The molecule has 1 saturated carbocycles. The summed E-state index contributed by atoms with van der Waals surface area (Å²) in [5, 5.41) is 22.6. The van der Waals surface area contributed by atoms with Gasteiger partial charge in [-0.3, -0.25) is 9.59 Å². The van der Waals surface area contributed by atoms with Crippen molar-refractivity contribution in [3.8, 4) is 0 Å². The average molecular weight is 529 g/mol. The van der Waals surface area contributed by atoms with Crippen molar-refractivity contribution >= 4 is 11.8 Å². The molecule has 0 aromatic carbocycles. The third kappa shape index (κ3) is 18.2. The summed E-state index contributed by atoms with van der Waals surface area (Å²) in [7, 11) is 0. The Morgan fingerprint density at radius 3 is 1.19 bits per heavy atom. The van der Waals surface area contributed by atoms with Gasteiger partial charge in [-0.25, -0.2) is 8.78 Å². The van der Waals surface area contributed by atoms with Gasteiger partial charge in [-0.1, -0.05) is 77.0 Å². The predicted molar refractivity (Wildman–Crippen MR) is 144 cm³/mol. The molecule has 1 aliphatic rings. The van der Waals surface area contributed by atoms with E-state index in [1.165, 1.54) is 12.2 Å². The first-order valence-corrected chi connectivity index (χ1v) is 14.5. The van der Waals surface area contributed by atoms with E-state index in [9.17, 15) is 18.4 Å². The maximum atomic E-state index is 14.0. The monoisotopic (exact) mass is 528 g/mol. The SMILES string of the molecule is O=C(N[C@H]1C[C@H]1NC(=O)/C(F)=C/CCCCCCCCCCO)/C(F)=C/CCCCCCCCCCO. The van der Waals surface area contributed by atoms with Crippen LogP contribution in [0.15, 0.2) is 23.8 Å². The van der Waals surface area contributed by atoms with Crippen LogP contribution in [-0.4, -0.2) is 47.3 Å². The van der Waals surface area contributed by atoms with Crippen molar-refractivity contribution < 1.29 is 28.6 Å². The van der Waals surface area contributed by atoms with Gasteiger partial charge in [-0.15, -0.1) is 0 Å². The minimum atomic E-state index is -0.808. The molecule has 2 amide bonds. The molecule has 0 bridgehead atoms. The lowest BCUT2D eigenvalue weighted by atomic mass is 10.1. The van der Waals surface area contributed by atoms with Crippen molar-refractivity contribution in [3.63, 3.8) is 0 Å². The lowest BCUT2D eigenvalue weighted by Gasteiger charge is -2.05. The highest BCUT2D eigenvalue weighted by Crippen LogP contribution is 2.23. The van der Waals surface area contributed by atoms with Crippen LogP contribution >= 0.6 is 0 Å². The van der Waals surface area contributed by atoms with Crippen LogP contribution in [0.25, 0.3) is 0 Å². The molecule has 1 fully saturated rings. The molecule has 1 aliphatic carbocycles. The Hall–Kier alpha value is -1.80. The van der Waals surface area contributed by atoms with Gasteiger partial charge in [-0.05, 0) is 57.1 Å². The van der Waals surface area contributed by atoms with Crippen molar-refractivity contribution in [2.75, 3.05) is 13.2 Å². The van der Waals surface area contributed by atoms with Gasteiger partial charge in [0.2, 0.25) is 0 Å². The van der Waals surface area contributed by atoms with Gasteiger partial charge >= 0.3 is 0 Å². The molecule has 0 radical (unpaired) electrons. The molecule has 6 nitrogen and oxygen atoms in total. The first-order chi connectivity index (χ1) is 18.0. The molecule has 0 spiro atoms. The van der Waals surface area contributed by atoms with E-state index >= 15 is 0 Å². The van der Waals surface area contributed by atoms with Crippen LogP contribution in [0.3, 0.4) is 0 Å². The van der Waals surface area contributed by atoms with Gasteiger partial charge < -0.3 is 20.8 Å². The van der Waals surface area contributed by atoms with Crippen LogP contribution in [0.1, 0.15) is 122 Å². The molecule has 2 atom stereocenters. The summed E-state index contributed by atoms with van der Waals surface area (Å²) in [4.78, 5) is 24.0. The minimum absolute atomic E-state index is 0.257. The van der Waals surface area contributed by atoms with Crippen LogP contribution in [0.5, 0.6) is 0 Å². The average Bonchev–Trinajstić information content (AvgIpc) is 3.62. The Labute approximate surface area is 222 Å². The number of amides is 2. The number of aliphatic hydroxyl groups is 2. The topological polar surface area (TPSA) is 98.7 Å². The van der Waals surface area contributed by atoms with E-state index < -0.39 is 23.5 Å². The van der Waals surface area contributed by atoms with Crippen molar-refractivity contribution in [1.82, 2.24) is 10.6 Å². The van der Waals surface area contributed by atoms with E-state index in [1.54, 1.807) is 0 Å². The van der Waals surface area contributed by atoms with Gasteiger partial charge in [-0.2, -0.15) is 0 Å². The molecule has 0 aliphatic heterocycles. The van der Waals surface area contributed by atoms with Crippen molar-refractivity contribution in [2.24, 2.45) is 0 Å². The van der Waals surface area contributed by atoms with Crippen molar-refractivity contribution in [1.29, 1.82) is 0 Å². The number of rotatable bonds is 24. The molecule has 8 heteroatoms. The molecular weight excluding hydrogens is 478 g/mol. The Kier molecular flexibility index (Phi) is 19.9. The zero-order valence-corrected chi connectivity index (χ0v) is 22.6. The molecule has 214 valence electrons. The molecule has 0 saturated heterocycles. The number of hydrogen-bond acceptors (Lipinski definition) is 4. The fraction of sp³-hybridized carbons (Fsp3) is 0.793. The maximum Gasteiger partial charge on any atom is 0.279 e. The number of nitrogens with one attached hydrogen (secondary N) is 2. The largest absolute Gasteiger partial charge is 0.396 e. The maximum absolute atomic E-state index is 14.0. The molecule has 4 N–H and O–H groups in total. The summed E-state index contributed by atoms with van der Waals surface area (Å²) >= 11 is 0. The summed E-state index contributed by atoms with van der Waals surface area (Å²) in [6, 6.07) is -0.738. The lowest BCUT2D eigenvalue weighted by molar-refractivity contribution is -0.120. The summed E-state index contributed by atoms with van der Waals surface area (Å²) in [6.07, 6.45) is 20.6. The third-order valence-electron chi connectivity index (χ3n) is 6.73. The Bertz CT molecular complexity index is 629. The summed E-state index contributed by atoms with van der Waals surface area (Å²) in [5.74, 6) is -3.18. The molecule has 0 heterocycles. The van der Waals surface area contributed by atoms with E-state index in [2.05, 4.69) is 10.6 Å². The smallest absolute Gasteiger partial charge is 0.279 e. The second-order valence-electron chi connectivity index (χ2n) is 10.2. The zero-order valence-electron chi connectivity index (χ0n) is 22.6. The molecule has 0 unspecified atom stereocenters. The first kappa shape index (κ1) is 33.2. The quantitative estimate of drug-likeness (QED) is 0.0902. The number of carbonyl (C=O) groups excluding carboxylic acids is 2. The van der Waals surface area contributed by atoms with Crippen LogP contribution < -0.4 is 10.6 Å². The molecule has 1 rings (SSSR count). The lowest BCUT2D eigenvalue weighted by Crippen LogP contribution is -2.35. The number of hydrogen-bond donors (Lipinski definition) is 4. The number of unbranched alkanes of at least 4 members (excludes halogenated alkanes) is 16. The van der Waals surface area contributed by atoms with Crippen molar-refractivity contribution in [2.45, 2.75) is 134 Å². The van der Waals surface area contributed by atoms with Crippen LogP contribution in [-0.2, 0) is 9.59 Å². The Balaban J connectivity index is 2.07. The van der Waals surface area contributed by atoms with E-state index in [-0.39, 0.29) is 25.3 Å². The normalized spacial score (nSPS) is 17.6. The Morgan fingerprint density at radius 2 is 0.865 bits per heavy atom. The standard InChI is InChI=1S/C29H50F2N2O4/c30-24(19-15-11-7-3-1-5-9-13-17-21-34)28(36)32-26-23-27(26)33-29(37)25(31)20-16-12-8-4-2-6-10-14-18-22-35/h19-20,26-27,34-35H,1-18,21-23H2,(H,32,36)(H,33,37)/b24-19-,25-20-/t26-,27+. The fourth-order valence-corrected chi connectivity index (χ4v) is 4.27. The number of halogens is 2. The van der Waals surface area contributed by atoms with E-state index in [1.807, 2.05) is 0 Å². The van der Waals surface area contributed by atoms with Gasteiger partial charge in [0.25, 0.3) is 11.8 Å². The summed E-state index contributed by atoms with van der Waals surface area (Å²) < 4.78 is 28.1. The van der Waals surface area contributed by atoms with Gasteiger partial charge in [0.05, 0.1) is 12.1 Å². The van der Waals surface area contributed by atoms with E-state index in [4.69, 9.17) is 10.2 Å². The molecule has 37 heavy (non-hydrogen) atoms. The first-order valence-electron chi connectivity index (χ1n) is 14.5. The third-order valence-corrected chi connectivity index (χ3v) is 6.73. The van der Waals surface area contributed by atoms with Crippen LogP contribution in [0.4, 0.5) is 8.78 Å². The second-order valence-corrected chi connectivity index (χ2v) is 10.2. The van der Waals surface area contributed by atoms with Gasteiger partial charge in [0, 0.05) is 13.2 Å². The number of allylic oxidation sites excluding steroid dienone is 2. The highest BCUT2D eigenvalue weighted by molar-refractivity contribution is 5.93. The van der Waals surface area contributed by atoms with E-state index in [0.29, 0.717) is 19.3 Å². The summed E-state index contributed by atoms with van der Waals surface area (Å²) in [5.41, 5.74) is 0. The van der Waals surface area contributed by atoms with Crippen LogP contribution in [0.2, 0.25) is 0 Å². The van der Waals surface area contributed by atoms with Crippen LogP contribution in [0, 0.1) is 0 Å². The second kappa shape index (κ2) is 22.2. The van der Waals surface area contributed by atoms with Crippen molar-refractivity contribution in [3.05, 3.63) is 23.8 Å². The van der Waals surface area contributed by atoms with E-state index in [0.717, 1.165) is 103 Å². The number of aliphatic hydroxyl groups excluding tert-OH is 2. The minimum Gasteiger partial charge on any atom is -0.396 e. The highest BCUT2D eigenvalue weighted by Gasteiger charge is 2.40. The highest BCUT2D eigenvalue weighted by atomic mass is 19.1. The molecular formula is C29H50F2N2O4. The Morgan fingerprint density at radius 1 is 0.568 bits per heavy atom. The zero-order chi connectivity index (χ0) is 27.1. The molecule has 0 aromatic rings. The summed E-state index contributed by atoms with van der Waals surface area (Å²) in [6.45, 7) is 0.513. The van der Waals surface area contributed by atoms with Gasteiger partial charge in [0.15, 0.2) is 11.7 Å². The fourth-order valence-electron chi connectivity index (χ4n) is 4.27. The predicted octanol–water partition coefficient (Wildman–Crippen LogP) is 6.07. The molecule has 0 aromatic heterocycles.